The van der Waals surface area contributed by atoms with Crippen molar-refractivity contribution in [1.82, 2.24) is 10.4 Å². The average molecular weight is 348 g/mol. The van der Waals surface area contributed by atoms with Gasteiger partial charge in [-0.2, -0.15) is 10.1 Å². The van der Waals surface area contributed by atoms with Gasteiger partial charge in [-0.05, 0) is 41.5 Å². The van der Waals surface area contributed by atoms with E-state index >= 15 is 0 Å². The molecule has 25 heavy (non-hydrogen) atoms. The van der Waals surface area contributed by atoms with E-state index in [1.807, 2.05) is 11.5 Å². The normalized spacial score (nSPS) is 10.4. The smallest absolute Gasteiger partial charge is 0.448 e. The molecule has 0 aliphatic carbocycles. The monoisotopic (exact) mass is 348 g/mol. The van der Waals surface area contributed by atoms with Crippen LogP contribution >= 0.6 is 0 Å². The first-order valence-electron chi connectivity index (χ1n) is 7.19. The number of amides is 2. The number of nitrogens with one attached hydrogen (secondary N) is 1. The number of hydrazine groups is 1. The van der Waals surface area contributed by atoms with E-state index in [0.29, 0.717) is 16.1 Å². The van der Waals surface area contributed by atoms with Crippen molar-refractivity contribution in [3.8, 4) is 6.07 Å². The standard InChI is InChI=1S/C15H16N4O6/c1-3-24-14(20)17-18(15(21)25-4-2)13(19(22)23)9-11-5-7-12(10-16)8-6-11/h5-9H,3-4H2,1-2H3,(H,17,20)/b13-9+. The van der Waals surface area contributed by atoms with Gasteiger partial charge in [0.05, 0.1) is 24.8 Å². The van der Waals surface area contributed by atoms with Crippen molar-refractivity contribution >= 4 is 18.3 Å². The van der Waals surface area contributed by atoms with E-state index in [9.17, 15) is 19.7 Å². The number of nitrogens with zero attached hydrogens (tertiary/aromatic N) is 3. The lowest BCUT2D eigenvalue weighted by Gasteiger charge is -2.15. The van der Waals surface area contributed by atoms with Crippen molar-refractivity contribution in [2.45, 2.75) is 13.8 Å². The lowest BCUT2D eigenvalue weighted by Crippen LogP contribution is -2.47. The lowest BCUT2D eigenvalue weighted by molar-refractivity contribution is -0.443. The fourth-order valence-corrected chi connectivity index (χ4v) is 1.64. The highest BCUT2D eigenvalue weighted by Crippen LogP contribution is 2.13. The molecule has 0 radical (unpaired) electrons. The Kier molecular flexibility index (Phi) is 7.39. The highest BCUT2D eigenvalue weighted by molar-refractivity contribution is 5.76. The van der Waals surface area contributed by atoms with Crippen molar-refractivity contribution in [3.63, 3.8) is 0 Å². The first kappa shape index (κ1) is 19.4. The number of carbonyl (C=O) groups is 2. The molecule has 0 aliphatic rings. The summed E-state index contributed by atoms with van der Waals surface area (Å²) in [6.45, 7) is 3.00. The van der Waals surface area contributed by atoms with Gasteiger partial charge in [0.1, 0.15) is 0 Å². The van der Waals surface area contributed by atoms with Crippen LogP contribution in [-0.4, -0.2) is 35.3 Å². The second-order valence-corrected chi connectivity index (χ2v) is 4.36. The van der Waals surface area contributed by atoms with Crippen molar-refractivity contribution in [2.75, 3.05) is 13.2 Å². The number of rotatable bonds is 5. The predicted molar refractivity (Wildman–Crippen MR) is 85.1 cm³/mol. The minimum Gasteiger partial charge on any atom is -0.448 e. The topological polar surface area (TPSA) is 135 Å². The predicted octanol–water partition coefficient (Wildman–Crippen LogP) is 2.25. The molecule has 1 N–H and O–H groups in total. The molecule has 0 aromatic heterocycles. The molecule has 132 valence electrons. The second kappa shape index (κ2) is 9.51. The Bertz CT molecular complexity index is 708. The number of benzene rings is 1. The third-order valence-corrected chi connectivity index (χ3v) is 2.68. The summed E-state index contributed by atoms with van der Waals surface area (Å²) in [5, 5.41) is 20.5. The van der Waals surface area contributed by atoms with Crippen LogP contribution in [-0.2, 0) is 9.47 Å². The first-order valence-corrected chi connectivity index (χ1v) is 7.19. The molecule has 0 heterocycles. The summed E-state index contributed by atoms with van der Waals surface area (Å²) in [4.78, 5) is 34.0. The molecule has 1 aromatic carbocycles. The van der Waals surface area contributed by atoms with Gasteiger partial charge in [0, 0.05) is 6.08 Å². The molecule has 10 nitrogen and oxygen atoms in total. The summed E-state index contributed by atoms with van der Waals surface area (Å²) in [6.07, 6.45) is -1.15. The van der Waals surface area contributed by atoms with Gasteiger partial charge >= 0.3 is 18.0 Å². The van der Waals surface area contributed by atoms with E-state index < -0.39 is 22.9 Å². The quantitative estimate of drug-likeness (QED) is 0.636. The van der Waals surface area contributed by atoms with E-state index in [0.717, 1.165) is 6.08 Å². The molecule has 1 aromatic rings. The van der Waals surface area contributed by atoms with Gasteiger partial charge in [-0.1, -0.05) is 12.1 Å². The van der Waals surface area contributed by atoms with E-state index in [4.69, 9.17) is 10.00 Å². The maximum Gasteiger partial charge on any atom is 0.531 e. The Balaban J connectivity index is 3.23. The van der Waals surface area contributed by atoms with Gasteiger partial charge in [-0.15, -0.1) is 5.43 Å². The SMILES string of the molecule is CCOC(=O)NN(C(=O)OCC)/C(=C\c1ccc(C#N)cc1)[N+](=O)[O-]. The largest absolute Gasteiger partial charge is 0.531 e. The zero-order valence-electron chi connectivity index (χ0n) is 13.6. The highest BCUT2D eigenvalue weighted by Gasteiger charge is 2.34. The van der Waals surface area contributed by atoms with Gasteiger partial charge in [0.2, 0.25) is 0 Å². The summed E-state index contributed by atoms with van der Waals surface area (Å²) in [5.74, 6) is -0.754. The van der Waals surface area contributed by atoms with Gasteiger partial charge in [0.25, 0.3) is 0 Å². The fraction of sp³-hybridized carbons (Fsp3) is 0.267. The molecular weight excluding hydrogens is 332 g/mol. The van der Waals surface area contributed by atoms with Crippen LogP contribution in [0.25, 0.3) is 6.08 Å². The highest BCUT2D eigenvalue weighted by atomic mass is 16.6. The molecule has 0 saturated carbocycles. The van der Waals surface area contributed by atoms with E-state index in [1.54, 1.807) is 0 Å². The van der Waals surface area contributed by atoms with Crippen LogP contribution in [0.2, 0.25) is 0 Å². The molecule has 0 saturated heterocycles. The van der Waals surface area contributed by atoms with Crippen molar-refractivity contribution in [2.24, 2.45) is 0 Å². The van der Waals surface area contributed by atoms with Crippen LogP contribution in [0.4, 0.5) is 9.59 Å². The maximum absolute atomic E-state index is 12.0. The van der Waals surface area contributed by atoms with Crippen LogP contribution in [0.1, 0.15) is 25.0 Å². The molecule has 0 atom stereocenters. The molecule has 1 rings (SSSR count). The number of nitro groups is 1. The number of hydrogen-bond donors (Lipinski definition) is 1. The fourth-order valence-electron chi connectivity index (χ4n) is 1.64. The van der Waals surface area contributed by atoms with Crippen LogP contribution in [0.5, 0.6) is 0 Å². The number of nitriles is 1. The Hall–Kier alpha value is -3.61. The molecule has 0 spiro atoms. The van der Waals surface area contributed by atoms with E-state index in [-0.39, 0.29) is 13.2 Å². The third-order valence-electron chi connectivity index (χ3n) is 2.68. The van der Waals surface area contributed by atoms with Crippen molar-refractivity contribution < 1.29 is 24.0 Å². The number of ether oxygens (including phenoxy) is 2. The lowest BCUT2D eigenvalue weighted by atomic mass is 10.1. The zero-order chi connectivity index (χ0) is 18.8. The Morgan fingerprint density at radius 2 is 1.88 bits per heavy atom. The van der Waals surface area contributed by atoms with Crippen LogP contribution in [0, 0.1) is 21.4 Å². The summed E-state index contributed by atoms with van der Waals surface area (Å²) < 4.78 is 9.34. The molecular formula is C15H16N4O6. The van der Waals surface area contributed by atoms with Crippen LogP contribution < -0.4 is 5.43 Å². The number of carbonyl (C=O) groups excluding carboxylic acids is 2. The third kappa shape index (κ3) is 5.83. The van der Waals surface area contributed by atoms with Crippen LogP contribution in [0.3, 0.4) is 0 Å². The van der Waals surface area contributed by atoms with Gasteiger partial charge in [0.15, 0.2) is 0 Å². The average Bonchev–Trinajstić information content (AvgIpc) is 2.58. The molecule has 2 amide bonds. The Labute approximate surface area is 143 Å². The van der Waals surface area contributed by atoms with Gasteiger partial charge in [-0.25, -0.2) is 4.79 Å². The first-order chi connectivity index (χ1) is 11.9. The van der Waals surface area contributed by atoms with Crippen molar-refractivity contribution in [1.29, 1.82) is 5.26 Å². The minimum absolute atomic E-state index is 0.00956. The van der Waals surface area contributed by atoms with Crippen molar-refractivity contribution in [3.05, 3.63) is 51.3 Å². The summed E-state index contributed by atoms with van der Waals surface area (Å²) >= 11 is 0. The van der Waals surface area contributed by atoms with Gasteiger partial charge < -0.3 is 19.6 Å². The summed E-state index contributed by atoms with van der Waals surface area (Å²) in [6, 6.07) is 7.73. The number of hydrogen-bond acceptors (Lipinski definition) is 7. The Morgan fingerprint density at radius 1 is 1.28 bits per heavy atom. The molecule has 0 unspecified atom stereocenters. The minimum atomic E-state index is -1.15. The maximum atomic E-state index is 12.0. The van der Waals surface area contributed by atoms with E-state index in [2.05, 4.69) is 4.74 Å². The summed E-state index contributed by atoms with van der Waals surface area (Å²) in [5.41, 5.74) is 2.67. The summed E-state index contributed by atoms with van der Waals surface area (Å²) in [7, 11) is 0. The molecule has 0 fully saturated rings. The zero-order valence-corrected chi connectivity index (χ0v) is 13.6. The van der Waals surface area contributed by atoms with Crippen LogP contribution in [0.15, 0.2) is 30.1 Å². The molecule has 0 bridgehead atoms. The second-order valence-electron chi connectivity index (χ2n) is 4.36. The molecule has 0 aliphatic heterocycles. The van der Waals surface area contributed by atoms with E-state index in [1.165, 1.54) is 38.1 Å². The molecule has 10 heteroatoms. The van der Waals surface area contributed by atoms with Gasteiger partial charge in [-0.3, -0.25) is 0 Å². The Morgan fingerprint density at radius 3 is 2.36 bits per heavy atom.